The molecule has 1 saturated heterocycles. The molecule has 5 heteroatoms. The lowest BCUT2D eigenvalue weighted by molar-refractivity contribution is -0.152. The SMILES string of the molecule is COC(=O)C1CCN(C(=O)C2(CN)CCCCC2)CC1. The van der Waals surface area contributed by atoms with Crippen LogP contribution in [0.1, 0.15) is 44.9 Å². The van der Waals surface area contributed by atoms with Crippen molar-refractivity contribution in [1.82, 2.24) is 4.90 Å². The zero-order chi connectivity index (χ0) is 14.6. The number of ether oxygens (including phenoxy) is 1. The van der Waals surface area contributed by atoms with E-state index in [4.69, 9.17) is 10.5 Å². The van der Waals surface area contributed by atoms with Gasteiger partial charge >= 0.3 is 5.97 Å². The minimum absolute atomic E-state index is 0.0516. The molecule has 2 fully saturated rings. The molecule has 1 saturated carbocycles. The molecular weight excluding hydrogens is 256 g/mol. The Balaban J connectivity index is 1.95. The summed E-state index contributed by atoms with van der Waals surface area (Å²) in [6.07, 6.45) is 6.65. The highest BCUT2D eigenvalue weighted by molar-refractivity contribution is 5.83. The number of carbonyl (C=O) groups excluding carboxylic acids is 2. The maximum absolute atomic E-state index is 12.8. The van der Waals surface area contributed by atoms with E-state index in [0.717, 1.165) is 25.7 Å². The van der Waals surface area contributed by atoms with Crippen LogP contribution in [0.5, 0.6) is 0 Å². The van der Waals surface area contributed by atoms with E-state index in [1.54, 1.807) is 0 Å². The first kappa shape index (κ1) is 15.3. The minimum Gasteiger partial charge on any atom is -0.469 e. The van der Waals surface area contributed by atoms with Crippen LogP contribution in [-0.4, -0.2) is 43.5 Å². The number of methoxy groups -OCH3 is 1. The van der Waals surface area contributed by atoms with Crippen LogP contribution in [0, 0.1) is 11.3 Å². The van der Waals surface area contributed by atoms with Gasteiger partial charge in [-0.1, -0.05) is 19.3 Å². The van der Waals surface area contributed by atoms with Crippen molar-refractivity contribution in [2.24, 2.45) is 17.1 Å². The molecular formula is C15H26N2O3. The second-order valence-electron chi connectivity index (χ2n) is 6.13. The molecule has 2 rings (SSSR count). The summed E-state index contributed by atoms with van der Waals surface area (Å²) < 4.78 is 4.78. The Morgan fingerprint density at radius 1 is 1.20 bits per heavy atom. The van der Waals surface area contributed by atoms with Crippen molar-refractivity contribution in [2.45, 2.75) is 44.9 Å². The number of nitrogens with zero attached hydrogens (tertiary/aromatic N) is 1. The highest BCUT2D eigenvalue weighted by atomic mass is 16.5. The van der Waals surface area contributed by atoms with Crippen LogP contribution in [-0.2, 0) is 14.3 Å². The van der Waals surface area contributed by atoms with Gasteiger partial charge in [0.05, 0.1) is 18.4 Å². The van der Waals surface area contributed by atoms with Crippen LogP contribution >= 0.6 is 0 Å². The number of piperidine rings is 1. The van der Waals surface area contributed by atoms with Crippen LogP contribution < -0.4 is 5.73 Å². The van der Waals surface area contributed by atoms with Crippen molar-refractivity contribution in [3.05, 3.63) is 0 Å². The van der Waals surface area contributed by atoms with Crippen LogP contribution in [0.2, 0.25) is 0 Å². The van der Waals surface area contributed by atoms with Gasteiger partial charge in [-0.3, -0.25) is 9.59 Å². The van der Waals surface area contributed by atoms with E-state index in [2.05, 4.69) is 0 Å². The minimum atomic E-state index is -0.337. The molecule has 114 valence electrons. The normalized spacial score (nSPS) is 23.4. The zero-order valence-corrected chi connectivity index (χ0v) is 12.4. The van der Waals surface area contributed by atoms with E-state index < -0.39 is 0 Å². The molecule has 20 heavy (non-hydrogen) atoms. The second-order valence-corrected chi connectivity index (χ2v) is 6.13. The van der Waals surface area contributed by atoms with E-state index >= 15 is 0 Å². The summed E-state index contributed by atoms with van der Waals surface area (Å²) in [5.74, 6) is 0.00977. The molecule has 2 aliphatic rings. The predicted octanol–water partition coefficient (Wildman–Crippen LogP) is 1.31. The Bertz CT molecular complexity index is 356. The van der Waals surface area contributed by atoms with Crippen molar-refractivity contribution >= 4 is 11.9 Å². The number of hydrogen-bond acceptors (Lipinski definition) is 4. The molecule has 0 spiro atoms. The molecule has 0 unspecified atom stereocenters. The Kier molecular flexibility index (Phi) is 5.02. The van der Waals surface area contributed by atoms with Crippen molar-refractivity contribution < 1.29 is 14.3 Å². The lowest BCUT2D eigenvalue weighted by atomic mass is 9.72. The Morgan fingerprint density at radius 3 is 2.30 bits per heavy atom. The summed E-state index contributed by atoms with van der Waals surface area (Å²) in [6.45, 7) is 1.75. The van der Waals surface area contributed by atoms with E-state index in [1.165, 1.54) is 13.5 Å². The Labute approximate surface area is 120 Å². The molecule has 0 bridgehead atoms. The first-order valence-electron chi connectivity index (χ1n) is 7.70. The second kappa shape index (κ2) is 6.57. The fourth-order valence-corrected chi connectivity index (χ4v) is 3.55. The third-order valence-corrected chi connectivity index (χ3v) is 4.97. The van der Waals surface area contributed by atoms with Crippen molar-refractivity contribution in [3.8, 4) is 0 Å². The summed E-state index contributed by atoms with van der Waals surface area (Å²) in [7, 11) is 1.42. The van der Waals surface area contributed by atoms with Crippen molar-refractivity contribution in [2.75, 3.05) is 26.7 Å². The number of amides is 1. The van der Waals surface area contributed by atoms with Crippen molar-refractivity contribution in [3.63, 3.8) is 0 Å². The van der Waals surface area contributed by atoms with Crippen LogP contribution in [0.3, 0.4) is 0 Å². The Hall–Kier alpha value is -1.10. The average Bonchev–Trinajstić information content (AvgIpc) is 2.54. The lowest BCUT2D eigenvalue weighted by Crippen LogP contribution is -2.51. The first-order chi connectivity index (χ1) is 9.63. The van der Waals surface area contributed by atoms with Gasteiger partial charge in [-0.15, -0.1) is 0 Å². The van der Waals surface area contributed by atoms with Gasteiger partial charge in [0.1, 0.15) is 0 Å². The molecule has 0 aromatic carbocycles. The topological polar surface area (TPSA) is 72.6 Å². The number of hydrogen-bond donors (Lipinski definition) is 1. The van der Waals surface area contributed by atoms with Crippen molar-refractivity contribution in [1.29, 1.82) is 0 Å². The number of likely N-dealkylation sites (tertiary alicyclic amines) is 1. The fourth-order valence-electron chi connectivity index (χ4n) is 3.55. The smallest absolute Gasteiger partial charge is 0.308 e. The number of nitrogens with two attached hydrogens (primary N) is 1. The molecule has 5 nitrogen and oxygen atoms in total. The summed E-state index contributed by atoms with van der Waals surface area (Å²) >= 11 is 0. The van der Waals surface area contributed by atoms with Crippen LogP contribution in [0.15, 0.2) is 0 Å². The molecule has 1 aliphatic heterocycles. The van der Waals surface area contributed by atoms with E-state index in [1.807, 2.05) is 4.90 Å². The zero-order valence-electron chi connectivity index (χ0n) is 12.4. The Morgan fingerprint density at radius 2 is 1.80 bits per heavy atom. The largest absolute Gasteiger partial charge is 0.469 e. The average molecular weight is 282 g/mol. The molecule has 0 atom stereocenters. The van der Waals surface area contributed by atoms with Gasteiger partial charge in [0.25, 0.3) is 0 Å². The van der Waals surface area contributed by atoms with Crippen LogP contribution in [0.25, 0.3) is 0 Å². The molecule has 1 heterocycles. The fraction of sp³-hybridized carbons (Fsp3) is 0.867. The number of esters is 1. The van der Waals surface area contributed by atoms with E-state index in [-0.39, 0.29) is 23.2 Å². The first-order valence-corrected chi connectivity index (χ1v) is 7.70. The molecule has 2 N–H and O–H groups in total. The molecule has 0 aromatic rings. The summed E-state index contributed by atoms with van der Waals surface area (Å²) in [5, 5.41) is 0. The lowest BCUT2D eigenvalue weighted by Gasteiger charge is -2.41. The highest BCUT2D eigenvalue weighted by Gasteiger charge is 2.42. The van der Waals surface area contributed by atoms with Gasteiger partial charge < -0.3 is 15.4 Å². The summed E-state index contributed by atoms with van der Waals surface area (Å²) in [6, 6.07) is 0. The van der Waals surface area contributed by atoms with Gasteiger partial charge in [0.2, 0.25) is 5.91 Å². The number of rotatable bonds is 3. The molecule has 1 amide bonds. The van der Waals surface area contributed by atoms with Crippen LogP contribution in [0.4, 0.5) is 0 Å². The third-order valence-electron chi connectivity index (χ3n) is 4.97. The maximum atomic E-state index is 12.8. The summed E-state index contributed by atoms with van der Waals surface area (Å²) in [4.78, 5) is 26.2. The number of carbonyl (C=O) groups is 2. The molecule has 0 aromatic heterocycles. The van der Waals surface area contributed by atoms with Gasteiger partial charge in [0, 0.05) is 19.6 Å². The highest BCUT2D eigenvalue weighted by Crippen LogP contribution is 2.38. The monoisotopic (exact) mass is 282 g/mol. The van der Waals surface area contributed by atoms with Gasteiger partial charge in [0.15, 0.2) is 0 Å². The third kappa shape index (κ3) is 2.97. The van der Waals surface area contributed by atoms with E-state index in [9.17, 15) is 9.59 Å². The van der Waals surface area contributed by atoms with E-state index in [0.29, 0.717) is 32.5 Å². The molecule has 1 aliphatic carbocycles. The predicted molar refractivity (Wildman–Crippen MR) is 75.9 cm³/mol. The molecule has 0 radical (unpaired) electrons. The summed E-state index contributed by atoms with van der Waals surface area (Å²) in [5.41, 5.74) is 5.58. The van der Waals surface area contributed by atoms with Gasteiger partial charge in [-0.25, -0.2) is 0 Å². The quantitative estimate of drug-likeness (QED) is 0.792. The maximum Gasteiger partial charge on any atom is 0.308 e. The van der Waals surface area contributed by atoms with Gasteiger partial charge in [-0.2, -0.15) is 0 Å². The van der Waals surface area contributed by atoms with Gasteiger partial charge in [-0.05, 0) is 25.7 Å². The standard InChI is InChI=1S/C15H26N2O3/c1-20-13(18)12-5-9-17(10-6-12)14(19)15(11-16)7-3-2-4-8-15/h12H,2-11,16H2,1H3.